The van der Waals surface area contributed by atoms with Crippen LogP contribution in [-0.2, 0) is 6.54 Å². The predicted octanol–water partition coefficient (Wildman–Crippen LogP) is 5.92. The van der Waals surface area contributed by atoms with E-state index in [1.54, 1.807) is 6.07 Å². The third-order valence-corrected chi connectivity index (χ3v) is 11.5. The molecule has 6 rings (SSSR count). The van der Waals surface area contributed by atoms with Crippen LogP contribution in [-0.4, -0.2) is 27.6 Å². The Morgan fingerprint density at radius 1 is 1.06 bits per heavy atom. The number of nitrogens with zero attached hydrogens (tertiary/aromatic N) is 2. The van der Waals surface area contributed by atoms with Crippen LogP contribution in [0.25, 0.3) is 0 Å². The molecule has 1 heterocycles. The van der Waals surface area contributed by atoms with E-state index < -0.39 is 5.60 Å². The number of hydrogen-bond acceptors (Lipinski definition) is 3. The number of benzene rings is 1. The van der Waals surface area contributed by atoms with Gasteiger partial charge in [-0.2, -0.15) is 5.26 Å². The van der Waals surface area contributed by atoms with E-state index in [1.165, 1.54) is 44.9 Å². The molecule has 182 valence electrons. The van der Waals surface area contributed by atoms with Gasteiger partial charge in [0.2, 0.25) is 0 Å². The Bertz CT molecular complexity index is 1040. The van der Waals surface area contributed by atoms with Gasteiger partial charge in [-0.05, 0) is 136 Å². The first-order valence-electron chi connectivity index (χ1n) is 13.8. The Balaban J connectivity index is 1.20. The Morgan fingerprint density at radius 3 is 2.65 bits per heavy atom. The highest BCUT2D eigenvalue weighted by atomic mass is 16.3. The Labute approximate surface area is 204 Å². The summed E-state index contributed by atoms with van der Waals surface area (Å²) in [7, 11) is 0. The van der Waals surface area contributed by atoms with Crippen LogP contribution >= 0.6 is 0 Å². The summed E-state index contributed by atoms with van der Waals surface area (Å²) in [5.74, 6) is 4.73. The molecule has 0 bridgehead atoms. The standard InChI is InChI=1S/C30H40N2O2/c1-18(32-17-21-14-19(16-31)4-6-23(21)28(32)33)26-8-9-27-25-7-5-20-15-29(2,34)12-10-22(20)24(25)11-13-30(26,27)3/h4,6,14,18,20,22,24-27,34H,5,7-13,15,17H2,1-3H3/t18?,20-,22+,24-,25-,26-,27+,29-,30-/m1/s1. The number of fused-ring (bicyclic) bond motifs is 6. The first-order valence-corrected chi connectivity index (χ1v) is 13.8. The lowest BCUT2D eigenvalue weighted by Gasteiger charge is -2.57. The molecule has 4 nitrogen and oxygen atoms in total. The van der Waals surface area contributed by atoms with Crippen LogP contribution < -0.4 is 0 Å². The smallest absolute Gasteiger partial charge is 0.254 e. The summed E-state index contributed by atoms with van der Waals surface area (Å²) in [6.45, 7) is 7.55. The molecule has 4 aliphatic carbocycles. The summed E-state index contributed by atoms with van der Waals surface area (Å²) in [6, 6.07) is 7.99. The zero-order valence-electron chi connectivity index (χ0n) is 21.1. The number of carbonyl (C=O) groups excluding carboxylic acids is 1. The minimum absolute atomic E-state index is 0.155. The van der Waals surface area contributed by atoms with Gasteiger partial charge in [-0.25, -0.2) is 0 Å². The average molecular weight is 461 g/mol. The number of rotatable bonds is 2. The Kier molecular flexibility index (Phi) is 5.20. The van der Waals surface area contributed by atoms with Crippen molar-refractivity contribution >= 4 is 5.91 Å². The molecule has 0 saturated heterocycles. The number of aliphatic hydroxyl groups is 1. The third-order valence-electron chi connectivity index (χ3n) is 11.5. The van der Waals surface area contributed by atoms with E-state index in [-0.39, 0.29) is 11.9 Å². The molecule has 1 aromatic rings. The molecule has 9 atom stereocenters. The maximum absolute atomic E-state index is 13.3. The largest absolute Gasteiger partial charge is 0.390 e. The fraction of sp³-hybridized carbons (Fsp3) is 0.733. The van der Waals surface area contributed by atoms with Gasteiger partial charge < -0.3 is 10.0 Å². The van der Waals surface area contributed by atoms with E-state index in [2.05, 4.69) is 31.7 Å². The number of amides is 1. The maximum atomic E-state index is 13.3. The minimum atomic E-state index is -0.446. The van der Waals surface area contributed by atoms with Crippen molar-refractivity contribution in [3.8, 4) is 6.07 Å². The fourth-order valence-corrected chi connectivity index (χ4v) is 9.87. The van der Waals surface area contributed by atoms with Crippen molar-refractivity contribution in [3.63, 3.8) is 0 Å². The number of hydrogen-bond donors (Lipinski definition) is 1. The monoisotopic (exact) mass is 460 g/mol. The van der Waals surface area contributed by atoms with Gasteiger partial charge in [0.15, 0.2) is 0 Å². The summed E-state index contributed by atoms with van der Waals surface area (Å²) < 4.78 is 0. The van der Waals surface area contributed by atoms with Crippen molar-refractivity contribution < 1.29 is 9.90 Å². The van der Waals surface area contributed by atoms with E-state index in [4.69, 9.17) is 0 Å². The molecule has 0 radical (unpaired) electrons. The summed E-state index contributed by atoms with van der Waals surface area (Å²) in [6.07, 6.45) is 11.0. The minimum Gasteiger partial charge on any atom is -0.390 e. The Hall–Kier alpha value is -1.86. The van der Waals surface area contributed by atoms with E-state index in [0.717, 1.165) is 53.6 Å². The molecule has 1 aromatic carbocycles. The first kappa shape index (κ1) is 22.6. The molecule has 1 aliphatic heterocycles. The van der Waals surface area contributed by atoms with Gasteiger partial charge >= 0.3 is 0 Å². The summed E-state index contributed by atoms with van der Waals surface area (Å²) in [4.78, 5) is 15.4. The topological polar surface area (TPSA) is 64.3 Å². The van der Waals surface area contributed by atoms with Crippen LogP contribution in [0.3, 0.4) is 0 Å². The number of carbonyl (C=O) groups is 1. The van der Waals surface area contributed by atoms with Gasteiger partial charge in [-0.15, -0.1) is 0 Å². The van der Waals surface area contributed by atoms with Gasteiger partial charge in [0.05, 0.1) is 17.2 Å². The van der Waals surface area contributed by atoms with Crippen LogP contribution in [0.15, 0.2) is 18.2 Å². The van der Waals surface area contributed by atoms with E-state index in [0.29, 0.717) is 23.4 Å². The molecule has 1 amide bonds. The molecule has 4 heteroatoms. The van der Waals surface area contributed by atoms with Crippen molar-refractivity contribution in [1.29, 1.82) is 5.26 Å². The normalized spacial score (nSPS) is 44.0. The second kappa shape index (κ2) is 7.82. The molecular formula is C30H40N2O2. The Morgan fingerprint density at radius 2 is 1.85 bits per heavy atom. The van der Waals surface area contributed by atoms with E-state index in [9.17, 15) is 15.2 Å². The highest BCUT2D eigenvalue weighted by Gasteiger charge is 2.59. The molecule has 1 N–H and O–H groups in total. The highest BCUT2D eigenvalue weighted by molar-refractivity contribution is 5.98. The zero-order valence-corrected chi connectivity index (χ0v) is 21.1. The quantitative estimate of drug-likeness (QED) is 0.595. The van der Waals surface area contributed by atoms with Gasteiger partial charge in [-0.1, -0.05) is 6.92 Å². The molecule has 0 spiro atoms. The predicted molar refractivity (Wildman–Crippen MR) is 132 cm³/mol. The van der Waals surface area contributed by atoms with Gasteiger partial charge in [0.1, 0.15) is 0 Å². The molecule has 34 heavy (non-hydrogen) atoms. The molecule has 1 unspecified atom stereocenters. The highest BCUT2D eigenvalue weighted by Crippen LogP contribution is 2.65. The lowest BCUT2D eigenvalue weighted by molar-refractivity contribution is -0.103. The molecule has 5 aliphatic rings. The van der Waals surface area contributed by atoms with Crippen LogP contribution in [0.5, 0.6) is 0 Å². The van der Waals surface area contributed by atoms with Crippen LogP contribution in [0.1, 0.15) is 100 Å². The molecule has 0 aromatic heterocycles. The average Bonchev–Trinajstić information content (AvgIpc) is 3.34. The lowest BCUT2D eigenvalue weighted by atomic mass is 9.48. The van der Waals surface area contributed by atoms with Crippen molar-refractivity contribution in [1.82, 2.24) is 4.90 Å². The SMILES string of the molecule is CC([C@H]1CC[C@H]2[C@@H]3CC[C@@H]4C[C@](C)(O)CC[C@@H]4[C@H]3CC[C@]12C)N1Cc2cc(C#N)ccc2C1=O. The van der Waals surface area contributed by atoms with Gasteiger partial charge in [0.25, 0.3) is 5.91 Å². The van der Waals surface area contributed by atoms with E-state index in [1.807, 2.05) is 12.1 Å². The first-order chi connectivity index (χ1) is 16.2. The van der Waals surface area contributed by atoms with Crippen molar-refractivity contribution in [3.05, 3.63) is 34.9 Å². The fourth-order valence-electron chi connectivity index (χ4n) is 9.87. The summed E-state index contributed by atoms with van der Waals surface area (Å²) in [5, 5.41) is 19.9. The van der Waals surface area contributed by atoms with E-state index >= 15 is 0 Å². The van der Waals surface area contributed by atoms with Crippen LogP contribution in [0.4, 0.5) is 0 Å². The van der Waals surface area contributed by atoms with Gasteiger partial charge in [-0.3, -0.25) is 4.79 Å². The van der Waals surface area contributed by atoms with Crippen molar-refractivity contribution in [2.45, 2.75) is 96.7 Å². The summed E-state index contributed by atoms with van der Waals surface area (Å²) >= 11 is 0. The molecule has 4 saturated carbocycles. The van der Waals surface area contributed by atoms with Crippen molar-refractivity contribution in [2.75, 3.05) is 0 Å². The third kappa shape index (κ3) is 3.29. The second-order valence-electron chi connectivity index (χ2n) is 13.1. The van der Waals surface area contributed by atoms with Crippen LogP contribution in [0, 0.1) is 52.3 Å². The van der Waals surface area contributed by atoms with Crippen LogP contribution in [0.2, 0.25) is 0 Å². The zero-order chi connectivity index (χ0) is 23.8. The molecular weight excluding hydrogens is 420 g/mol. The van der Waals surface area contributed by atoms with Crippen molar-refractivity contribution in [2.24, 2.45) is 40.9 Å². The molecule has 4 fully saturated rings. The second-order valence-corrected chi connectivity index (χ2v) is 13.1. The number of nitriles is 1. The summed E-state index contributed by atoms with van der Waals surface area (Å²) in [5.41, 5.74) is 2.33. The maximum Gasteiger partial charge on any atom is 0.254 e. The van der Waals surface area contributed by atoms with Gasteiger partial charge in [0, 0.05) is 18.2 Å². The lowest BCUT2D eigenvalue weighted by Crippen LogP contribution is -2.52.